The molecule has 0 radical (unpaired) electrons. The van der Waals surface area contributed by atoms with Crippen LogP contribution < -0.4 is 5.43 Å². The van der Waals surface area contributed by atoms with Crippen molar-refractivity contribution in [3.8, 4) is 0 Å². The van der Waals surface area contributed by atoms with Crippen molar-refractivity contribution in [3.63, 3.8) is 0 Å². The summed E-state index contributed by atoms with van der Waals surface area (Å²) in [5, 5.41) is 3.96. The Morgan fingerprint density at radius 1 is 1.83 bits per heavy atom. The lowest BCUT2D eigenvalue weighted by Crippen LogP contribution is -2.32. The van der Waals surface area contributed by atoms with Crippen molar-refractivity contribution in [3.05, 3.63) is 12.2 Å². The smallest absolute Gasteiger partial charge is 0.214 e. The third-order valence-corrected chi connectivity index (χ3v) is 1.51. The van der Waals surface area contributed by atoms with Gasteiger partial charge in [0.25, 0.3) is 0 Å². The zero-order valence-electron chi connectivity index (χ0n) is 7.54. The summed E-state index contributed by atoms with van der Waals surface area (Å²) in [6, 6.07) is 0. The van der Waals surface area contributed by atoms with Gasteiger partial charge < -0.3 is 4.90 Å². The van der Waals surface area contributed by atoms with Gasteiger partial charge in [-0.05, 0) is 12.5 Å². The molecule has 1 aliphatic heterocycles. The summed E-state index contributed by atoms with van der Waals surface area (Å²) in [7, 11) is 1.98. The van der Waals surface area contributed by atoms with Crippen molar-refractivity contribution in [2.24, 2.45) is 10.1 Å². The third-order valence-electron chi connectivity index (χ3n) is 1.51. The summed E-state index contributed by atoms with van der Waals surface area (Å²) in [6.07, 6.45) is 1.68. The van der Waals surface area contributed by atoms with Crippen LogP contribution in [0.5, 0.6) is 0 Å². The van der Waals surface area contributed by atoms with Crippen LogP contribution in [0.25, 0.3) is 0 Å². The van der Waals surface area contributed by atoms with Crippen LogP contribution in [0.15, 0.2) is 22.2 Å². The molecule has 0 aromatic heterocycles. The zero-order valence-corrected chi connectivity index (χ0v) is 7.54. The molecule has 0 amide bonds. The molecule has 0 saturated carbocycles. The zero-order chi connectivity index (χ0) is 8.97. The van der Waals surface area contributed by atoms with Crippen LogP contribution in [0.3, 0.4) is 0 Å². The van der Waals surface area contributed by atoms with Crippen molar-refractivity contribution >= 4 is 12.2 Å². The molecule has 66 valence electrons. The molecule has 0 bridgehead atoms. The highest BCUT2D eigenvalue weighted by atomic mass is 15.4. The fraction of sp³-hybridized carbons (Fsp3) is 0.500. The van der Waals surface area contributed by atoms with E-state index in [1.165, 1.54) is 0 Å². The topological polar surface area (TPSA) is 40.0 Å². The van der Waals surface area contributed by atoms with Gasteiger partial charge in [-0.15, -0.1) is 0 Å². The lowest BCUT2D eigenvalue weighted by Gasteiger charge is -2.11. The predicted molar refractivity (Wildman–Crippen MR) is 51.4 cm³/mol. The van der Waals surface area contributed by atoms with E-state index in [4.69, 9.17) is 0 Å². The van der Waals surface area contributed by atoms with Crippen LogP contribution in [0.2, 0.25) is 0 Å². The fourth-order valence-electron chi connectivity index (χ4n) is 0.853. The van der Waals surface area contributed by atoms with Crippen molar-refractivity contribution < 1.29 is 0 Å². The number of aliphatic imine (C=N–C) groups is 1. The lowest BCUT2D eigenvalue weighted by atomic mass is 10.4. The van der Waals surface area contributed by atoms with Crippen LogP contribution in [-0.2, 0) is 0 Å². The molecule has 0 aliphatic carbocycles. The maximum Gasteiger partial charge on any atom is 0.214 e. The molecule has 1 rings (SSSR count). The average Bonchev–Trinajstić information content (AvgIpc) is 2.36. The van der Waals surface area contributed by atoms with Gasteiger partial charge in [-0.1, -0.05) is 6.58 Å². The van der Waals surface area contributed by atoms with E-state index in [9.17, 15) is 0 Å². The maximum absolute atomic E-state index is 4.20. The maximum atomic E-state index is 4.20. The van der Waals surface area contributed by atoms with Gasteiger partial charge in [-0.2, -0.15) is 5.10 Å². The van der Waals surface area contributed by atoms with Crippen molar-refractivity contribution in [2.45, 2.75) is 6.92 Å². The highest BCUT2D eigenvalue weighted by molar-refractivity contribution is 5.83. The first-order valence-electron chi connectivity index (χ1n) is 3.90. The second kappa shape index (κ2) is 3.90. The van der Waals surface area contributed by atoms with Crippen LogP contribution >= 0.6 is 0 Å². The second-order valence-electron chi connectivity index (χ2n) is 2.84. The number of hydrazone groups is 1. The van der Waals surface area contributed by atoms with Crippen LogP contribution in [0, 0.1) is 0 Å². The molecule has 1 aliphatic rings. The molecule has 0 fully saturated rings. The Kier molecular flexibility index (Phi) is 2.85. The van der Waals surface area contributed by atoms with Gasteiger partial charge in [-0.3, -0.25) is 0 Å². The minimum absolute atomic E-state index is 0.826. The van der Waals surface area contributed by atoms with Crippen molar-refractivity contribution in [1.82, 2.24) is 10.3 Å². The molecule has 0 aromatic rings. The number of nitrogens with one attached hydrogen (secondary N) is 1. The Morgan fingerprint density at radius 3 is 3.08 bits per heavy atom. The second-order valence-corrected chi connectivity index (χ2v) is 2.84. The number of guanidine groups is 1. The molecule has 1 heterocycles. The predicted octanol–water partition coefficient (Wildman–Crippen LogP) is 0.439. The summed E-state index contributed by atoms with van der Waals surface area (Å²) in [5.41, 5.74) is 3.77. The first-order valence-corrected chi connectivity index (χ1v) is 3.90. The Hall–Kier alpha value is -1.32. The summed E-state index contributed by atoms with van der Waals surface area (Å²) in [4.78, 5) is 6.23. The molecule has 0 unspecified atom stereocenters. The van der Waals surface area contributed by atoms with Crippen molar-refractivity contribution in [1.29, 1.82) is 0 Å². The highest BCUT2D eigenvalue weighted by Crippen LogP contribution is 1.94. The standard InChI is InChI=1S/C8H14N4/c1-7(2)6-10-11-8-9-4-5-12(8)3/h6H,1,4-5H2,2-3H3,(H,9,11). The molecule has 0 saturated heterocycles. The molecule has 0 spiro atoms. The summed E-state index contributed by atoms with van der Waals surface area (Å²) in [6.45, 7) is 7.40. The summed E-state index contributed by atoms with van der Waals surface area (Å²) < 4.78 is 0. The number of hydrogen-bond acceptors (Lipinski definition) is 4. The van der Waals surface area contributed by atoms with E-state index in [-0.39, 0.29) is 0 Å². The molecule has 4 nitrogen and oxygen atoms in total. The van der Waals surface area contributed by atoms with E-state index in [1.807, 2.05) is 18.9 Å². The fourth-order valence-corrected chi connectivity index (χ4v) is 0.853. The van der Waals surface area contributed by atoms with Crippen LogP contribution in [0.4, 0.5) is 0 Å². The Labute approximate surface area is 72.7 Å². The SMILES string of the molecule is C=C(C)C=NNC1=NCCN1C. The summed E-state index contributed by atoms with van der Waals surface area (Å²) in [5.74, 6) is 0.826. The van der Waals surface area contributed by atoms with E-state index in [1.54, 1.807) is 6.21 Å². The molecular formula is C8H14N4. The minimum Gasteiger partial charge on any atom is -0.343 e. The van der Waals surface area contributed by atoms with Crippen LogP contribution in [-0.4, -0.2) is 37.2 Å². The average molecular weight is 166 g/mol. The molecule has 1 N–H and O–H groups in total. The number of likely N-dealkylation sites (N-methyl/N-ethyl adjacent to an activating group) is 1. The van der Waals surface area contributed by atoms with Gasteiger partial charge in [0.05, 0.1) is 6.54 Å². The normalized spacial score (nSPS) is 16.8. The van der Waals surface area contributed by atoms with E-state index >= 15 is 0 Å². The van der Waals surface area contributed by atoms with E-state index < -0.39 is 0 Å². The number of allylic oxidation sites excluding steroid dienone is 1. The first-order chi connectivity index (χ1) is 5.70. The minimum atomic E-state index is 0.826. The van der Waals surface area contributed by atoms with Gasteiger partial charge >= 0.3 is 0 Å². The molecule has 12 heavy (non-hydrogen) atoms. The van der Waals surface area contributed by atoms with Gasteiger partial charge in [0.2, 0.25) is 5.96 Å². The number of nitrogens with zero attached hydrogens (tertiary/aromatic N) is 3. The monoisotopic (exact) mass is 166 g/mol. The van der Waals surface area contributed by atoms with E-state index in [0.717, 1.165) is 24.6 Å². The highest BCUT2D eigenvalue weighted by Gasteiger charge is 2.09. The van der Waals surface area contributed by atoms with E-state index in [0.29, 0.717) is 0 Å². The Balaban J connectivity index is 2.37. The Bertz CT molecular complexity index is 229. The lowest BCUT2D eigenvalue weighted by molar-refractivity contribution is 0.537. The molecule has 0 atom stereocenters. The van der Waals surface area contributed by atoms with Gasteiger partial charge in [-0.25, -0.2) is 10.4 Å². The third kappa shape index (κ3) is 2.38. The van der Waals surface area contributed by atoms with Gasteiger partial charge in [0, 0.05) is 19.8 Å². The summed E-state index contributed by atoms with van der Waals surface area (Å²) >= 11 is 0. The van der Waals surface area contributed by atoms with Crippen LogP contribution in [0.1, 0.15) is 6.92 Å². The van der Waals surface area contributed by atoms with Gasteiger partial charge in [0.15, 0.2) is 0 Å². The largest absolute Gasteiger partial charge is 0.343 e. The van der Waals surface area contributed by atoms with E-state index in [2.05, 4.69) is 22.1 Å². The van der Waals surface area contributed by atoms with Crippen molar-refractivity contribution in [2.75, 3.05) is 20.1 Å². The molecule has 4 heteroatoms. The number of rotatable bonds is 2. The Morgan fingerprint density at radius 2 is 2.58 bits per heavy atom. The quantitative estimate of drug-likeness (QED) is 0.477. The molecule has 0 aromatic carbocycles. The van der Waals surface area contributed by atoms with Gasteiger partial charge in [0.1, 0.15) is 0 Å². The number of hydrogen-bond donors (Lipinski definition) is 1. The first kappa shape index (κ1) is 8.77. The molecular weight excluding hydrogens is 152 g/mol.